The molecule has 1 unspecified atom stereocenters. The standard InChI is InChI=1S/C13H16N2OS/c1-9(14)12-7-15-13(17-12)11-5-3-10(4-6-11)8-16-2/h3-7,9H,8,14H2,1-2H3. The van der Waals surface area contributed by atoms with Gasteiger partial charge in [-0.15, -0.1) is 11.3 Å². The van der Waals surface area contributed by atoms with Crippen LogP contribution >= 0.6 is 11.3 Å². The largest absolute Gasteiger partial charge is 0.380 e. The Balaban J connectivity index is 2.21. The predicted molar refractivity (Wildman–Crippen MR) is 70.9 cm³/mol. The van der Waals surface area contributed by atoms with Crippen LogP contribution in [0.25, 0.3) is 10.6 Å². The topological polar surface area (TPSA) is 48.1 Å². The lowest BCUT2D eigenvalue weighted by Gasteiger charge is -2.01. The van der Waals surface area contributed by atoms with Gasteiger partial charge in [0.1, 0.15) is 5.01 Å². The minimum atomic E-state index is 0.0500. The molecule has 1 aromatic carbocycles. The van der Waals surface area contributed by atoms with E-state index in [1.807, 2.05) is 13.1 Å². The molecule has 0 saturated carbocycles. The van der Waals surface area contributed by atoms with Gasteiger partial charge in [0.2, 0.25) is 0 Å². The van der Waals surface area contributed by atoms with E-state index in [1.54, 1.807) is 18.4 Å². The van der Waals surface area contributed by atoms with Crippen molar-refractivity contribution in [3.63, 3.8) is 0 Å². The highest BCUT2D eigenvalue weighted by atomic mass is 32.1. The van der Waals surface area contributed by atoms with E-state index in [4.69, 9.17) is 10.5 Å². The number of aromatic nitrogens is 1. The number of nitrogens with two attached hydrogens (primary N) is 1. The van der Waals surface area contributed by atoms with Crippen molar-refractivity contribution in [1.29, 1.82) is 0 Å². The average molecular weight is 248 g/mol. The van der Waals surface area contributed by atoms with E-state index in [9.17, 15) is 0 Å². The third-order valence-corrected chi connectivity index (χ3v) is 3.73. The zero-order chi connectivity index (χ0) is 12.3. The lowest BCUT2D eigenvalue weighted by atomic mass is 10.1. The number of hydrogen-bond acceptors (Lipinski definition) is 4. The fourth-order valence-corrected chi connectivity index (χ4v) is 2.41. The van der Waals surface area contributed by atoms with Gasteiger partial charge < -0.3 is 10.5 Å². The number of hydrogen-bond donors (Lipinski definition) is 1. The van der Waals surface area contributed by atoms with Gasteiger partial charge in [-0.1, -0.05) is 24.3 Å². The molecule has 1 atom stereocenters. The van der Waals surface area contributed by atoms with Gasteiger partial charge in [0.05, 0.1) is 6.61 Å². The highest BCUT2D eigenvalue weighted by Gasteiger charge is 2.07. The molecule has 0 spiro atoms. The molecule has 0 fully saturated rings. The van der Waals surface area contributed by atoms with E-state index >= 15 is 0 Å². The molecule has 2 aromatic rings. The zero-order valence-electron chi connectivity index (χ0n) is 10.0. The lowest BCUT2D eigenvalue weighted by molar-refractivity contribution is 0.185. The number of thiazole rings is 1. The Labute approximate surface area is 105 Å². The molecular formula is C13H16N2OS. The van der Waals surface area contributed by atoms with Crippen LogP contribution in [0.5, 0.6) is 0 Å². The predicted octanol–water partition coefficient (Wildman–Crippen LogP) is 2.98. The SMILES string of the molecule is COCc1ccc(-c2ncc(C(C)N)s2)cc1. The molecule has 0 aliphatic heterocycles. The number of methoxy groups -OCH3 is 1. The molecule has 90 valence electrons. The first-order chi connectivity index (χ1) is 8.20. The molecule has 3 nitrogen and oxygen atoms in total. The second-order valence-corrected chi connectivity index (χ2v) is 5.05. The Morgan fingerprint density at radius 3 is 2.59 bits per heavy atom. The van der Waals surface area contributed by atoms with Crippen molar-refractivity contribution in [3.8, 4) is 10.6 Å². The van der Waals surface area contributed by atoms with Crippen LogP contribution in [-0.2, 0) is 11.3 Å². The van der Waals surface area contributed by atoms with Gasteiger partial charge in [-0.25, -0.2) is 4.98 Å². The Kier molecular flexibility index (Phi) is 3.89. The third-order valence-electron chi connectivity index (χ3n) is 2.48. The Hall–Kier alpha value is -1.23. The molecule has 1 aromatic heterocycles. The fraction of sp³-hybridized carbons (Fsp3) is 0.308. The van der Waals surface area contributed by atoms with Crippen LogP contribution in [0, 0.1) is 0 Å². The van der Waals surface area contributed by atoms with Crippen molar-refractivity contribution in [2.75, 3.05) is 7.11 Å². The molecule has 0 bridgehead atoms. The molecule has 4 heteroatoms. The molecule has 0 aliphatic carbocycles. The highest BCUT2D eigenvalue weighted by Crippen LogP contribution is 2.27. The maximum atomic E-state index is 5.82. The van der Waals surface area contributed by atoms with Crippen molar-refractivity contribution in [1.82, 2.24) is 4.98 Å². The molecule has 0 amide bonds. The number of benzene rings is 1. The zero-order valence-corrected chi connectivity index (χ0v) is 10.8. The van der Waals surface area contributed by atoms with Crippen molar-refractivity contribution >= 4 is 11.3 Å². The summed E-state index contributed by atoms with van der Waals surface area (Å²) in [7, 11) is 1.70. The molecule has 1 heterocycles. The van der Waals surface area contributed by atoms with Gasteiger partial charge in [0.15, 0.2) is 0 Å². The Morgan fingerprint density at radius 2 is 2.06 bits per heavy atom. The Morgan fingerprint density at radius 1 is 1.35 bits per heavy atom. The summed E-state index contributed by atoms with van der Waals surface area (Å²) in [5.41, 5.74) is 8.12. The summed E-state index contributed by atoms with van der Waals surface area (Å²) in [6.45, 7) is 2.61. The number of nitrogens with zero attached hydrogens (tertiary/aromatic N) is 1. The molecule has 2 rings (SSSR count). The van der Waals surface area contributed by atoms with E-state index in [-0.39, 0.29) is 6.04 Å². The first kappa shape index (κ1) is 12.2. The quantitative estimate of drug-likeness (QED) is 0.905. The fourth-order valence-electron chi connectivity index (χ4n) is 1.54. The van der Waals surface area contributed by atoms with Crippen LogP contribution < -0.4 is 5.73 Å². The van der Waals surface area contributed by atoms with Crippen LogP contribution in [0.15, 0.2) is 30.5 Å². The first-order valence-electron chi connectivity index (χ1n) is 5.50. The summed E-state index contributed by atoms with van der Waals surface area (Å²) in [4.78, 5) is 5.50. The lowest BCUT2D eigenvalue weighted by Crippen LogP contribution is -2.01. The van der Waals surface area contributed by atoms with Crippen LogP contribution in [-0.4, -0.2) is 12.1 Å². The van der Waals surface area contributed by atoms with Gasteiger partial charge in [-0.05, 0) is 12.5 Å². The van der Waals surface area contributed by atoms with E-state index in [0.29, 0.717) is 6.61 Å². The van der Waals surface area contributed by atoms with Gasteiger partial charge in [0.25, 0.3) is 0 Å². The molecular weight excluding hydrogens is 232 g/mol. The van der Waals surface area contributed by atoms with Crippen LogP contribution in [0.3, 0.4) is 0 Å². The summed E-state index contributed by atoms with van der Waals surface area (Å²) >= 11 is 1.65. The molecule has 2 N–H and O–H groups in total. The normalized spacial score (nSPS) is 12.6. The molecule has 0 saturated heterocycles. The van der Waals surface area contributed by atoms with Crippen molar-refractivity contribution < 1.29 is 4.74 Å². The molecule has 0 radical (unpaired) electrons. The molecule has 17 heavy (non-hydrogen) atoms. The monoisotopic (exact) mass is 248 g/mol. The Bertz CT molecular complexity index is 476. The smallest absolute Gasteiger partial charge is 0.123 e. The number of ether oxygens (including phenoxy) is 1. The minimum absolute atomic E-state index is 0.0500. The van der Waals surface area contributed by atoms with Crippen molar-refractivity contribution in [3.05, 3.63) is 40.9 Å². The highest BCUT2D eigenvalue weighted by molar-refractivity contribution is 7.15. The van der Waals surface area contributed by atoms with Gasteiger partial charge in [-0.3, -0.25) is 0 Å². The summed E-state index contributed by atoms with van der Waals surface area (Å²) in [6.07, 6.45) is 1.85. The van der Waals surface area contributed by atoms with Crippen LogP contribution in [0.4, 0.5) is 0 Å². The summed E-state index contributed by atoms with van der Waals surface area (Å²) in [6, 6.07) is 8.31. The second kappa shape index (κ2) is 5.40. The average Bonchev–Trinajstić information content (AvgIpc) is 2.80. The van der Waals surface area contributed by atoms with E-state index in [2.05, 4.69) is 29.2 Å². The van der Waals surface area contributed by atoms with Gasteiger partial charge in [0, 0.05) is 29.8 Å². The maximum absolute atomic E-state index is 5.82. The van der Waals surface area contributed by atoms with Crippen LogP contribution in [0.2, 0.25) is 0 Å². The third kappa shape index (κ3) is 2.91. The van der Waals surface area contributed by atoms with Crippen molar-refractivity contribution in [2.24, 2.45) is 5.73 Å². The van der Waals surface area contributed by atoms with Crippen molar-refractivity contribution in [2.45, 2.75) is 19.6 Å². The van der Waals surface area contributed by atoms with E-state index in [0.717, 1.165) is 15.4 Å². The summed E-state index contributed by atoms with van der Waals surface area (Å²) in [5, 5.41) is 1.02. The minimum Gasteiger partial charge on any atom is -0.380 e. The van der Waals surface area contributed by atoms with E-state index in [1.165, 1.54) is 5.56 Å². The van der Waals surface area contributed by atoms with E-state index < -0.39 is 0 Å². The maximum Gasteiger partial charge on any atom is 0.123 e. The van der Waals surface area contributed by atoms with Gasteiger partial charge >= 0.3 is 0 Å². The summed E-state index contributed by atoms with van der Waals surface area (Å²) in [5.74, 6) is 0. The number of rotatable bonds is 4. The van der Waals surface area contributed by atoms with Gasteiger partial charge in [-0.2, -0.15) is 0 Å². The second-order valence-electron chi connectivity index (χ2n) is 3.99. The van der Waals surface area contributed by atoms with Crippen LogP contribution in [0.1, 0.15) is 23.4 Å². The molecule has 0 aliphatic rings. The first-order valence-corrected chi connectivity index (χ1v) is 6.32. The summed E-state index contributed by atoms with van der Waals surface area (Å²) < 4.78 is 5.08.